The minimum atomic E-state index is -0.554. The molecule has 9 heteroatoms. The van der Waals surface area contributed by atoms with Gasteiger partial charge in [0.1, 0.15) is 12.4 Å². The van der Waals surface area contributed by atoms with Gasteiger partial charge in [-0.25, -0.2) is 9.78 Å². The number of rotatable bonds is 4. The summed E-state index contributed by atoms with van der Waals surface area (Å²) in [6, 6.07) is 0. The quantitative estimate of drug-likeness (QED) is 0.781. The maximum atomic E-state index is 12.6. The summed E-state index contributed by atoms with van der Waals surface area (Å²) >= 11 is 0. The maximum absolute atomic E-state index is 12.6. The zero-order chi connectivity index (χ0) is 19.2. The lowest BCUT2D eigenvalue weighted by Crippen LogP contribution is -2.39. The predicted molar refractivity (Wildman–Crippen MR) is 97.6 cm³/mol. The third-order valence-electron chi connectivity index (χ3n) is 5.05. The Hall–Kier alpha value is -2.42. The molecule has 3 rings (SSSR count). The molecule has 142 valence electrons. The first-order valence-electron chi connectivity index (χ1n) is 8.84. The van der Waals surface area contributed by atoms with Gasteiger partial charge < -0.3 is 10.3 Å². The smallest absolute Gasteiger partial charge is 0.332 e. The Morgan fingerprint density at radius 3 is 2.35 bits per heavy atom. The lowest BCUT2D eigenvalue weighted by Gasteiger charge is -2.34. The van der Waals surface area contributed by atoms with Gasteiger partial charge >= 0.3 is 5.69 Å². The van der Waals surface area contributed by atoms with Crippen molar-refractivity contribution in [3.8, 4) is 0 Å². The molecule has 1 aliphatic rings. The summed E-state index contributed by atoms with van der Waals surface area (Å²) in [6.07, 6.45) is 1.18. The third-order valence-corrected chi connectivity index (χ3v) is 5.05. The summed E-state index contributed by atoms with van der Waals surface area (Å²) in [5.74, 6) is 1.18. The van der Waals surface area contributed by atoms with Crippen molar-refractivity contribution < 1.29 is 4.79 Å². The highest BCUT2D eigenvalue weighted by Crippen LogP contribution is 2.23. The van der Waals surface area contributed by atoms with E-state index in [0.717, 1.165) is 17.7 Å². The van der Waals surface area contributed by atoms with Crippen molar-refractivity contribution in [3.05, 3.63) is 26.7 Å². The Balaban J connectivity index is 2.14. The Morgan fingerprint density at radius 2 is 1.77 bits per heavy atom. The fourth-order valence-corrected chi connectivity index (χ4v) is 4.06. The lowest BCUT2D eigenvalue weighted by atomic mass is 9.92. The van der Waals surface area contributed by atoms with Gasteiger partial charge in [0.05, 0.1) is 6.54 Å². The lowest BCUT2D eigenvalue weighted by molar-refractivity contribution is -0.118. The molecule has 2 N–H and O–H groups in total. The number of piperidine rings is 1. The fraction of sp³-hybridized carbons (Fsp3) is 0.647. The summed E-state index contributed by atoms with van der Waals surface area (Å²) < 4.78 is 3.92. The highest BCUT2D eigenvalue weighted by molar-refractivity contribution is 5.78. The van der Waals surface area contributed by atoms with Gasteiger partial charge in [-0.05, 0) is 18.3 Å². The summed E-state index contributed by atoms with van der Waals surface area (Å²) in [7, 11) is 2.99. The molecule has 1 fully saturated rings. The van der Waals surface area contributed by atoms with Crippen LogP contribution in [-0.4, -0.2) is 42.6 Å². The van der Waals surface area contributed by atoms with Crippen LogP contribution in [0.2, 0.25) is 0 Å². The first-order chi connectivity index (χ1) is 12.2. The van der Waals surface area contributed by atoms with Crippen LogP contribution in [-0.2, 0) is 32.0 Å². The van der Waals surface area contributed by atoms with E-state index in [2.05, 4.69) is 23.7 Å². The van der Waals surface area contributed by atoms with E-state index in [0.29, 0.717) is 24.2 Å². The number of amides is 1. The Bertz CT molecular complexity index is 960. The summed E-state index contributed by atoms with van der Waals surface area (Å²) in [5, 5.41) is 0. The van der Waals surface area contributed by atoms with E-state index in [1.165, 1.54) is 18.0 Å². The minimum absolute atomic E-state index is 0.141. The van der Waals surface area contributed by atoms with Crippen molar-refractivity contribution >= 4 is 17.1 Å². The number of aryl methyl sites for hydroxylation is 1. The molecule has 2 aromatic rings. The van der Waals surface area contributed by atoms with E-state index >= 15 is 0 Å². The monoisotopic (exact) mass is 362 g/mol. The number of carbonyl (C=O) groups excluding carboxylic acids is 1. The van der Waals surface area contributed by atoms with Crippen LogP contribution in [0.5, 0.6) is 0 Å². The average Bonchev–Trinajstić information content (AvgIpc) is 2.88. The second kappa shape index (κ2) is 6.71. The normalized spacial score (nSPS) is 21.4. The molecule has 0 bridgehead atoms. The first-order valence-corrected chi connectivity index (χ1v) is 8.84. The number of primary amides is 1. The standard InChI is InChI=1S/C17H26N6O3/c1-10-5-11(2)7-22(6-10)9-13-19-15-14(23(13)8-12(18)24)16(25)21(4)17(26)20(15)3/h10-11H,5-9H2,1-4H3,(H2,18,24)/t10-,11-/m0/s1. The van der Waals surface area contributed by atoms with Crippen molar-refractivity contribution in [2.24, 2.45) is 31.7 Å². The summed E-state index contributed by atoms with van der Waals surface area (Å²) in [6.45, 7) is 6.66. The number of fused-ring (bicyclic) bond motifs is 1. The van der Waals surface area contributed by atoms with Gasteiger partial charge in [0.15, 0.2) is 11.2 Å². The number of likely N-dealkylation sites (tertiary alicyclic amines) is 1. The van der Waals surface area contributed by atoms with Crippen molar-refractivity contribution in [2.45, 2.75) is 33.4 Å². The Kier molecular flexibility index (Phi) is 4.74. The zero-order valence-corrected chi connectivity index (χ0v) is 15.7. The molecule has 2 atom stereocenters. The second-order valence-electron chi connectivity index (χ2n) is 7.60. The van der Waals surface area contributed by atoms with Gasteiger partial charge in [0, 0.05) is 27.2 Å². The average molecular weight is 362 g/mol. The molecule has 9 nitrogen and oxygen atoms in total. The van der Waals surface area contributed by atoms with Gasteiger partial charge in [-0.15, -0.1) is 0 Å². The van der Waals surface area contributed by atoms with Crippen molar-refractivity contribution in [3.63, 3.8) is 0 Å². The summed E-state index contributed by atoms with van der Waals surface area (Å²) in [4.78, 5) is 43.2. The molecule has 1 amide bonds. The SMILES string of the molecule is C[C@H]1C[C@H](C)CN(Cc2nc3c(c(=O)n(C)c(=O)n3C)n2CC(N)=O)C1. The highest BCUT2D eigenvalue weighted by Gasteiger charge is 2.25. The molecule has 0 aliphatic carbocycles. The molecule has 0 aromatic carbocycles. The fourth-order valence-electron chi connectivity index (χ4n) is 4.06. The van der Waals surface area contributed by atoms with E-state index in [1.807, 2.05) is 0 Å². The van der Waals surface area contributed by atoms with E-state index in [9.17, 15) is 14.4 Å². The summed E-state index contributed by atoms with van der Waals surface area (Å²) in [5.41, 5.74) is 5.01. The van der Waals surface area contributed by atoms with Gasteiger partial charge in [0.2, 0.25) is 5.91 Å². The van der Waals surface area contributed by atoms with Crippen LogP contribution in [0.3, 0.4) is 0 Å². The van der Waals surface area contributed by atoms with Crippen LogP contribution in [0.25, 0.3) is 11.2 Å². The van der Waals surface area contributed by atoms with Crippen LogP contribution >= 0.6 is 0 Å². The van der Waals surface area contributed by atoms with E-state index in [4.69, 9.17) is 5.73 Å². The molecule has 26 heavy (non-hydrogen) atoms. The number of hydrogen-bond donors (Lipinski definition) is 1. The van der Waals surface area contributed by atoms with Crippen LogP contribution in [0, 0.1) is 11.8 Å². The van der Waals surface area contributed by atoms with Crippen molar-refractivity contribution in [1.82, 2.24) is 23.6 Å². The number of nitrogens with zero attached hydrogens (tertiary/aromatic N) is 5. The second-order valence-corrected chi connectivity index (χ2v) is 7.60. The molecule has 3 heterocycles. The van der Waals surface area contributed by atoms with Gasteiger partial charge in [-0.1, -0.05) is 13.8 Å². The van der Waals surface area contributed by atoms with Crippen LogP contribution in [0.1, 0.15) is 26.1 Å². The van der Waals surface area contributed by atoms with Gasteiger partial charge in [-0.3, -0.25) is 23.6 Å². The van der Waals surface area contributed by atoms with E-state index < -0.39 is 17.2 Å². The number of nitrogens with two attached hydrogens (primary N) is 1. The first kappa shape index (κ1) is 18.4. The minimum Gasteiger partial charge on any atom is -0.368 e. The molecule has 0 unspecified atom stereocenters. The maximum Gasteiger partial charge on any atom is 0.332 e. The Morgan fingerprint density at radius 1 is 1.15 bits per heavy atom. The molecule has 0 spiro atoms. The van der Waals surface area contributed by atoms with Gasteiger partial charge in [-0.2, -0.15) is 0 Å². The largest absolute Gasteiger partial charge is 0.368 e. The van der Waals surface area contributed by atoms with Crippen LogP contribution < -0.4 is 17.0 Å². The molecule has 1 saturated heterocycles. The van der Waals surface area contributed by atoms with Crippen molar-refractivity contribution in [2.75, 3.05) is 13.1 Å². The number of aromatic nitrogens is 4. The molecule has 0 saturated carbocycles. The molecule has 0 radical (unpaired) electrons. The van der Waals surface area contributed by atoms with Crippen LogP contribution in [0.4, 0.5) is 0 Å². The molecular formula is C17H26N6O3. The molecule has 1 aliphatic heterocycles. The van der Waals surface area contributed by atoms with E-state index in [1.54, 1.807) is 11.6 Å². The van der Waals surface area contributed by atoms with Gasteiger partial charge in [0.25, 0.3) is 5.56 Å². The van der Waals surface area contributed by atoms with Crippen LogP contribution in [0.15, 0.2) is 9.59 Å². The number of carbonyl (C=O) groups is 1. The van der Waals surface area contributed by atoms with Crippen molar-refractivity contribution in [1.29, 1.82) is 0 Å². The zero-order valence-electron chi connectivity index (χ0n) is 15.7. The Labute approximate surface area is 151 Å². The number of hydrogen-bond acceptors (Lipinski definition) is 5. The number of imidazole rings is 1. The topological polar surface area (TPSA) is 108 Å². The molecular weight excluding hydrogens is 336 g/mol. The van der Waals surface area contributed by atoms with E-state index in [-0.39, 0.29) is 17.7 Å². The molecule has 2 aromatic heterocycles. The third kappa shape index (κ3) is 3.18. The highest BCUT2D eigenvalue weighted by atomic mass is 16.2. The predicted octanol–water partition coefficient (Wildman–Crippen LogP) is -0.603.